The summed E-state index contributed by atoms with van der Waals surface area (Å²) < 4.78 is 26.2. The molecule has 2 fully saturated rings. The molecule has 8 heteroatoms. The van der Waals surface area contributed by atoms with E-state index in [2.05, 4.69) is 34.7 Å². The highest BCUT2D eigenvalue weighted by Crippen LogP contribution is 2.31. The maximum absolute atomic E-state index is 14.5. The Balaban J connectivity index is 1.20. The van der Waals surface area contributed by atoms with E-state index in [-0.39, 0.29) is 11.6 Å². The van der Waals surface area contributed by atoms with Crippen LogP contribution in [0.3, 0.4) is 0 Å². The average molecular weight is 530 g/mol. The van der Waals surface area contributed by atoms with Crippen molar-refractivity contribution in [2.45, 2.75) is 39.2 Å². The summed E-state index contributed by atoms with van der Waals surface area (Å²) in [6.07, 6.45) is 4.54. The zero-order chi connectivity index (χ0) is 27.2. The fraction of sp³-hybridized carbons (Fsp3) is 0.452. The molecule has 0 unspecified atom stereocenters. The highest BCUT2D eigenvalue weighted by atomic mass is 19.1. The quantitative estimate of drug-likeness (QED) is 0.348. The lowest BCUT2D eigenvalue weighted by Gasteiger charge is -2.36. The first-order valence-corrected chi connectivity index (χ1v) is 13.9. The van der Waals surface area contributed by atoms with E-state index in [0.717, 1.165) is 49.5 Å². The molecule has 2 heterocycles. The largest absolute Gasteiger partial charge is 0.492 e. The van der Waals surface area contributed by atoms with Gasteiger partial charge in [-0.3, -0.25) is 9.80 Å². The van der Waals surface area contributed by atoms with Gasteiger partial charge in [-0.05, 0) is 74.6 Å². The van der Waals surface area contributed by atoms with Gasteiger partial charge in [0.2, 0.25) is 0 Å². The smallest absolute Gasteiger partial charge is 0.165 e. The van der Waals surface area contributed by atoms with Gasteiger partial charge in [0.05, 0.1) is 17.9 Å². The minimum Gasteiger partial charge on any atom is -0.492 e. The van der Waals surface area contributed by atoms with Crippen LogP contribution in [0.25, 0.3) is 11.3 Å². The molecule has 2 aromatic carbocycles. The van der Waals surface area contributed by atoms with E-state index < -0.39 is 0 Å². The summed E-state index contributed by atoms with van der Waals surface area (Å²) >= 11 is 0. The number of nitriles is 1. The molecule has 0 N–H and O–H groups in total. The van der Waals surface area contributed by atoms with Crippen LogP contribution in [0.15, 0.2) is 48.7 Å². The molecular formula is C31H36FN5O2. The average Bonchev–Trinajstić information content (AvgIpc) is 3.78. The van der Waals surface area contributed by atoms with Crippen molar-refractivity contribution >= 4 is 0 Å². The summed E-state index contributed by atoms with van der Waals surface area (Å²) in [5.74, 6) is 1.72. The van der Waals surface area contributed by atoms with Crippen LogP contribution in [0.5, 0.6) is 11.5 Å². The summed E-state index contributed by atoms with van der Waals surface area (Å²) in [5.41, 5.74) is 2.92. The lowest BCUT2D eigenvalue weighted by atomic mass is 10.1. The van der Waals surface area contributed by atoms with Gasteiger partial charge in [-0.2, -0.15) is 5.26 Å². The van der Waals surface area contributed by atoms with Gasteiger partial charge in [0.1, 0.15) is 24.3 Å². The van der Waals surface area contributed by atoms with Gasteiger partial charge in [0.15, 0.2) is 11.6 Å². The minimum absolute atomic E-state index is 0.255. The molecule has 5 rings (SSSR count). The number of nitrogens with zero attached hydrogens (tertiary/aromatic N) is 5. The normalized spacial score (nSPS) is 16.3. The third-order valence-corrected chi connectivity index (χ3v) is 7.43. The van der Waals surface area contributed by atoms with E-state index in [1.807, 2.05) is 18.2 Å². The van der Waals surface area contributed by atoms with Crippen molar-refractivity contribution in [3.05, 3.63) is 71.4 Å². The molecule has 7 nitrogen and oxygen atoms in total. The Kier molecular flexibility index (Phi) is 8.70. The fourth-order valence-corrected chi connectivity index (χ4v) is 4.78. The first-order valence-electron chi connectivity index (χ1n) is 13.9. The topological polar surface area (TPSA) is 74.5 Å². The van der Waals surface area contributed by atoms with Gasteiger partial charge in [-0.15, -0.1) is 0 Å². The van der Waals surface area contributed by atoms with Crippen molar-refractivity contribution in [2.75, 3.05) is 45.9 Å². The number of ether oxygens (including phenoxy) is 2. The van der Waals surface area contributed by atoms with Crippen LogP contribution < -0.4 is 9.47 Å². The van der Waals surface area contributed by atoms with Gasteiger partial charge in [-0.25, -0.2) is 14.4 Å². The molecule has 0 radical (unpaired) electrons. The molecular weight excluding hydrogens is 493 g/mol. The standard InChI is InChI=1S/C31H36FN5O2/c1-22(2)37-13-11-36(12-14-37)15-16-38-30-17-24(5-7-27(30)32)18-31-34-10-9-28(35-31)25-6-8-29(26(19-25)20-33)39-21-23-3-4-23/h5-10,17,19,22-23H,3-4,11-16,18,21H2,1-2H3. The first-order chi connectivity index (χ1) is 19.0. The predicted octanol–water partition coefficient (Wildman–Crippen LogP) is 4.94. The van der Waals surface area contributed by atoms with Gasteiger partial charge >= 0.3 is 0 Å². The molecule has 1 aliphatic heterocycles. The Hall–Kier alpha value is -3.54. The second-order valence-corrected chi connectivity index (χ2v) is 10.7. The van der Waals surface area contributed by atoms with E-state index >= 15 is 0 Å². The van der Waals surface area contributed by atoms with Crippen molar-refractivity contribution in [1.82, 2.24) is 19.8 Å². The Morgan fingerprint density at radius 2 is 1.85 bits per heavy atom. The third kappa shape index (κ3) is 7.31. The van der Waals surface area contributed by atoms with Crippen molar-refractivity contribution in [2.24, 2.45) is 5.92 Å². The van der Waals surface area contributed by atoms with Crippen LogP contribution in [0.2, 0.25) is 0 Å². The van der Waals surface area contributed by atoms with E-state index in [0.29, 0.717) is 48.7 Å². The Morgan fingerprint density at radius 3 is 2.59 bits per heavy atom. The van der Waals surface area contributed by atoms with E-state index in [1.165, 1.54) is 18.9 Å². The van der Waals surface area contributed by atoms with E-state index in [9.17, 15) is 9.65 Å². The maximum Gasteiger partial charge on any atom is 0.165 e. The zero-order valence-corrected chi connectivity index (χ0v) is 22.8. The zero-order valence-electron chi connectivity index (χ0n) is 22.8. The lowest BCUT2D eigenvalue weighted by molar-refractivity contribution is 0.0965. The number of rotatable bonds is 11. The molecule has 0 atom stereocenters. The molecule has 0 spiro atoms. The molecule has 3 aromatic rings. The number of aromatic nitrogens is 2. The Morgan fingerprint density at radius 1 is 1.03 bits per heavy atom. The van der Waals surface area contributed by atoms with E-state index in [4.69, 9.17) is 14.5 Å². The third-order valence-electron chi connectivity index (χ3n) is 7.43. The monoisotopic (exact) mass is 529 g/mol. The molecule has 1 aliphatic carbocycles. The van der Waals surface area contributed by atoms with Crippen LogP contribution in [-0.4, -0.2) is 71.7 Å². The fourth-order valence-electron chi connectivity index (χ4n) is 4.78. The van der Waals surface area contributed by atoms with Crippen molar-refractivity contribution in [1.29, 1.82) is 5.26 Å². The van der Waals surface area contributed by atoms with Crippen molar-refractivity contribution in [3.63, 3.8) is 0 Å². The van der Waals surface area contributed by atoms with Gasteiger partial charge in [0, 0.05) is 56.9 Å². The molecule has 39 heavy (non-hydrogen) atoms. The molecule has 1 aromatic heterocycles. The van der Waals surface area contributed by atoms with E-state index in [1.54, 1.807) is 24.4 Å². The summed E-state index contributed by atoms with van der Waals surface area (Å²) in [4.78, 5) is 14.0. The highest BCUT2D eigenvalue weighted by molar-refractivity contribution is 5.64. The molecule has 2 aliphatic rings. The second-order valence-electron chi connectivity index (χ2n) is 10.7. The van der Waals surface area contributed by atoms with Crippen LogP contribution in [0.1, 0.15) is 43.6 Å². The van der Waals surface area contributed by atoms with Crippen LogP contribution in [-0.2, 0) is 6.42 Å². The lowest BCUT2D eigenvalue weighted by Crippen LogP contribution is -2.49. The summed E-state index contributed by atoms with van der Waals surface area (Å²) in [6.45, 7) is 10.4. The number of hydrogen-bond acceptors (Lipinski definition) is 7. The van der Waals surface area contributed by atoms with Gasteiger partial charge in [-0.1, -0.05) is 6.07 Å². The Labute approximate surface area is 230 Å². The Bertz CT molecular complexity index is 1310. The van der Waals surface area contributed by atoms with Gasteiger partial charge in [0.25, 0.3) is 0 Å². The molecule has 204 valence electrons. The van der Waals surface area contributed by atoms with Crippen LogP contribution in [0.4, 0.5) is 4.39 Å². The number of benzene rings is 2. The number of hydrogen-bond donors (Lipinski definition) is 0. The summed E-state index contributed by atoms with van der Waals surface area (Å²) in [7, 11) is 0. The molecule has 1 saturated carbocycles. The highest BCUT2D eigenvalue weighted by Gasteiger charge is 2.22. The van der Waals surface area contributed by atoms with Gasteiger partial charge < -0.3 is 9.47 Å². The second kappa shape index (κ2) is 12.5. The number of halogens is 1. The summed E-state index contributed by atoms with van der Waals surface area (Å²) in [6, 6.07) is 15.1. The van der Waals surface area contributed by atoms with Crippen molar-refractivity contribution < 1.29 is 13.9 Å². The predicted molar refractivity (Wildman–Crippen MR) is 148 cm³/mol. The number of piperazine rings is 1. The van der Waals surface area contributed by atoms with Crippen LogP contribution in [0, 0.1) is 23.1 Å². The molecule has 0 bridgehead atoms. The molecule has 0 amide bonds. The van der Waals surface area contributed by atoms with Crippen molar-refractivity contribution in [3.8, 4) is 28.8 Å². The first kappa shape index (κ1) is 27.0. The molecule has 1 saturated heterocycles. The SMILES string of the molecule is CC(C)N1CCN(CCOc2cc(Cc3nccc(-c4ccc(OCC5CC5)c(C#N)c4)n3)ccc2F)CC1. The van der Waals surface area contributed by atoms with Crippen LogP contribution >= 0.6 is 0 Å². The minimum atomic E-state index is -0.369. The maximum atomic E-state index is 14.5. The summed E-state index contributed by atoms with van der Waals surface area (Å²) in [5, 5.41) is 9.62.